The van der Waals surface area contributed by atoms with Gasteiger partial charge in [-0.2, -0.15) is 9.97 Å². The fraction of sp³-hybridized carbons (Fsp3) is 0.346. The summed E-state index contributed by atoms with van der Waals surface area (Å²) in [5, 5.41) is 24.0. The van der Waals surface area contributed by atoms with Gasteiger partial charge >= 0.3 is 6.01 Å². The van der Waals surface area contributed by atoms with Crippen molar-refractivity contribution in [2.75, 3.05) is 25.1 Å². The molecule has 4 aromatic rings. The van der Waals surface area contributed by atoms with Gasteiger partial charge in [0, 0.05) is 30.2 Å². The highest BCUT2D eigenvalue weighted by Crippen LogP contribution is 2.37. The molecule has 0 spiro atoms. The first-order valence-electron chi connectivity index (χ1n) is 11.6. The highest BCUT2D eigenvalue weighted by Gasteiger charge is 2.31. The molecule has 35 heavy (non-hydrogen) atoms. The number of methoxy groups -OCH3 is 1. The molecule has 2 aromatic carbocycles. The number of aryl methyl sites for hydroxylation is 1. The maximum Gasteiger partial charge on any atom is 0.318 e. The standard InChI is InChI=1S/C26H28FN4O3P/c1-4-16-19(27)7-6-14-10-15(32)11-17(20(14)16)21-23(35)22-18(12-28-21)24(30-25(29-22)34-3)31-9-5-8-26(2,33)13-31/h6-7,10-12,32-33H,4-5,8-9,13,35H2,1-3H3/t26-/m1/s1. The summed E-state index contributed by atoms with van der Waals surface area (Å²) >= 11 is 0. The van der Waals surface area contributed by atoms with Crippen LogP contribution in [0.1, 0.15) is 32.3 Å². The minimum Gasteiger partial charge on any atom is -0.508 e. The lowest BCUT2D eigenvalue weighted by Gasteiger charge is -2.37. The van der Waals surface area contributed by atoms with E-state index < -0.39 is 5.60 Å². The molecule has 2 N–H and O–H groups in total. The molecule has 1 aliphatic rings. The predicted octanol–water partition coefficient (Wildman–Crippen LogP) is 4.11. The highest BCUT2D eigenvalue weighted by molar-refractivity contribution is 7.28. The number of hydrogen-bond acceptors (Lipinski definition) is 7. The molecule has 0 aliphatic carbocycles. The van der Waals surface area contributed by atoms with Crippen LogP contribution < -0.4 is 14.9 Å². The Morgan fingerprint density at radius 1 is 1.26 bits per heavy atom. The number of piperidine rings is 1. The number of hydrogen-bond donors (Lipinski definition) is 2. The largest absolute Gasteiger partial charge is 0.508 e. The second kappa shape index (κ2) is 8.85. The minimum atomic E-state index is -0.818. The van der Waals surface area contributed by atoms with Crippen LogP contribution in [0.25, 0.3) is 32.9 Å². The number of pyridine rings is 1. The minimum absolute atomic E-state index is 0.0731. The number of benzene rings is 2. The Labute approximate surface area is 205 Å². The number of β-amino-alcohol motifs (C(OH)–C–C–N with tert-alkyl or cyclic N) is 1. The number of halogens is 1. The Hall–Kier alpha value is -3.09. The third kappa shape index (κ3) is 4.15. The van der Waals surface area contributed by atoms with Crippen molar-refractivity contribution in [1.82, 2.24) is 15.0 Å². The van der Waals surface area contributed by atoms with Gasteiger partial charge in [-0.05, 0) is 60.7 Å². The first-order valence-corrected chi connectivity index (χ1v) is 12.2. The van der Waals surface area contributed by atoms with Crippen molar-refractivity contribution in [1.29, 1.82) is 0 Å². The van der Waals surface area contributed by atoms with E-state index in [0.29, 0.717) is 51.8 Å². The molecule has 0 bridgehead atoms. The van der Waals surface area contributed by atoms with E-state index in [0.717, 1.165) is 30.2 Å². The fourth-order valence-electron chi connectivity index (χ4n) is 5.05. The van der Waals surface area contributed by atoms with Crippen LogP contribution in [0.3, 0.4) is 0 Å². The Balaban J connectivity index is 1.77. The van der Waals surface area contributed by atoms with E-state index in [-0.39, 0.29) is 17.6 Å². The molecule has 1 aliphatic heterocycles. The van der Waals surface area contributed by atoms with E-state index in [1.165, 1.54) is 13.2 Å². The van der Waals surface area contributed by atoms with Crippen molar-refractivity contribution in [2.45, 2.75) is 38.7 Å². The zero-order valence-corrected chi connectivity index (χ0v) is 21.1. The molecule has 3 heterocycles. The third-order valence-electron chi connectivity index (χ3n) is 6.66. The molecule has 0 saturated carbocycles. The van der Waals surface area contributed by atoms with Crippen LogP contribution in [0.2, 0.25) is 0 Å². The number of phenols is 1. The summed E-state index contributed by atoms with van der Waals surface area (Å²) in [6.45, 7) is 4.92. The summed E-state index contributed by atoms with van der Waals surface area (Å²) in [5.41, 5.74) is 1.57. The van der Waals surface area contributed by atoms with Crippen molar-refractivity contribution in [3.63, 3.8) is 0 Å². The predicted molar refractivity (Wildman–Crippen MR) is 139 cm³/mol. The summed E-state index contributed by atoms with van der Waals surface area (Å²) in [5.74, 6) is 0.432. The van der Waals surface area contributed by atoms with Crippen LogP contribution in [-0.2, 0) is 6.42 Å². The van der Waals surface area contributed by atoms with Gasteiger partial charge in [0.2, 0.25) is 0 Å². The van der Waals surface area contributed by atoms with E-state index in [2.05, 4.69) is 19.2 Å². The average molecular weight is 495 g/mol. The lowest BCUT2D eigenvalue weighted by molar-refractivity contribution is 0.0447. The zero-order valence-electron chi connectivity index (χ0n) is 20.0. The second-order valence-electron chi connectivity index (χ2n) is 9.31. The van der Waals surface area contributed by atoms with Crippen LogP contribution in [0, 0.1) is 5.82 Å². The van der Waals surface area contributed by atoms with Gasteiger partial charge in [-0.25, -0.2) is 4.39 Å². The number of ether oxygens (including phenoxy) is 1. The number of nitrogens with zero attached hydrogens (tertiary/aromatic N) is 4. The fourth-order valence-corrected chi connectivity index (χ4v) is 5.50. The number of anilines is 1. The molecule has 1 fully saturated rings. The third-order valence-corrected chi connectivity index (χ3v) is 7.20. The zero-order chi connectivity index (χ0) is 24.9. The van der Waals surface area contributed by atoms with Gasteiger partial charge in [0.1, 0.15) is 17.4 Å². The van der Waals surface area contributed by atoms with Crippen molar-refractivity contribution in [3.05, 3.63) is 41.8 Å². The molecule has 0 radical (unpaired) electrons. The molecule has 1 saturated heterocycles. The van der Waals surface area contributed by atoms with Crippen molar-refractivity contribution >= 4 is 42.0 Å². The van der Waals surface area contributed by atoms with Crippen molar-refractivity contribution < 1.29 is 19.3 Å². The summed E-state index contributed by atoms with van der Waals surface area (Å²) in [6, 6.07) is 6.55. The Kier molecular flexibility index (Phi) is 5.98. The van der Waals surface area contributed by atoms with E-state index in [9.17, 15) is 14.6 Å². The van der Waals surface area contributed by atoms with Crippen LogP contribution in [0.5, 0.6) is 11.8 Å². The SMILES string of the molecule is CCc1c(F)ccc2cc(O)cc(-c3ncc4c(N5CCC[C@@](C)(O)C5)nc(OC)nc4c3P)c12. The average Bonchev–Trinajstić information content (AvgIpc) is 2.83. The van der Waals surface area contributed by atoms with E-state index in [1.807, 2.05) is 18.7 Å². The van der Waals surface area contributed by atoms with E-state index in [4.69, 9.17) is 9.72 Å². The Morgan fingerprint density at radius 2 is 2.06 bits per heavy atom. The van der Waals surface area contributed by atoms with E-state index >= 15 is 0 Å². The van der Waals surface area contributed by atoms with Crippen LogP contribution in [0.15, 0.2) is 30.5 Å². The van der Waals surface area contributed by atoms with Gasteiger partial charge in [-0.1, -0.05) is 13.0 Å². The summed E-state index contributed by atoms with van der Waals surface area (Å²) in [7, 11) is 4.21. The van der Waals surface area contributed by atoms with Gasteiger partial charge in [0.25, 0.3) is 0 Å². The topological polar surface area (TPSA) is 91.6 Å². The lowest BCUT2D eigenvalue weighted by Crippen LogP contribution is -2.46. The summed E-state index contributed by atoms with van der Waals surface area (Å²) < 4.78 is 20.2. The smallest absolute Gasteiger partial charge is 0.318 e. The number of aromatic nitrogens is 3. The number of aliphatic hydroxyl groups is 1. The molecule has 9 heteroatoms. The molecule has 7 nitrogen and oxygen atoms in total. The summed E-state index contributed by atoms with van der Waals surface area (Å²) in [6.07, 6.45) is 3.76. The second-order valence-corrected chi connectivity index (χ2v) is 9.89. The van der Waals surface area contributed by atoms with Crippen molar-refractivity contribution in [2.24, 2.45) is 0 Å². The molecule has 2 aromatic heterocycles. The first kappa shape index (κ1) is 23.6. The van der Waals surface area contributed by atoms with Gasteiger partial charge in [0.05, 0.1) is 29.3 Å². The monoisotopic (exact) mass is 494 g/mol. The quantitative estimate of drug-likeness (QED) is 0.413. The number of phenolic OH excluding ortho intramolecular Hbond substituents is 1. The summed E-state index contributed by atoms with van der Waals surface area (Å²) in [4.78, 5) is 16.0. The van der Waals surface area contributed by atoms with Gasteiger partial charge in [0.15, 0.2) is 0 Å². The number of fused-ring (bicyclic) bond motifs is 2. The van der Waals surface area contributed by atoms with Crippen molar-refractivity contribution in [3.8, 4) is 23.0 Å². The number of aromatic hydroxyl groups is 1. The molecule has 182 valence electrons. The maximum absolute atomic E-state index is 14.7. The molecule has 0 amide bonds. The van der Waals surface area contributed by atoms with Gasteiger partial charge < -0.3 is 19.8 Å². The van der Waals surface area contributed by atoms with Gasteiger partial charge in [-0.3, -0.25) is 4.98 Å². The molecule has 1 unspecified atom stereocenters. The first-order chi connectivity index (χ1) is 16.7. The highest BCUT2D eigenvalue weighted by atomic mass is 31.0. The number of rotatable bonds is 4. The van der Waals surface area contributed by atoms with Crippen LogP contribution in [-0.4, -0.2) is 51.0 Å². The Morgan fingerprint density at radius 3 is 2.77 bits per heavy atom. The maximum atomic E-state index is 14.7. The van der Waals surface area contributed by atoms with Crippen LogP contribution >= 0.6 is 9.24 Å². The van der Waals surface area contributed by atoms with Crippen LogP contribution in [0.4, 0.5) is 10.2 Å². The normalized spacial score (nSPS) is 18.4. The molecular formula is C26H28FN4O3P. The molecular weight excluding hydrogens is 466 g/mol. The lowest BCUT2D eigenvalue weighted by atomic mass is 9.94. The Bertz CT molecular complexity index is 1460. The molecule has 5 rings (SSSR count). The van der Waals surface area contributed by atoms with Gasteiger partial charge in [-0.15, -0.1) is 9.24 Å². The van der Waals surface area contributed by atoms with E-state index in [1.54, 1.807) is 24.4 Å². The molecule has 2 atom stereocenters.